The van der Waals surface area contributed by atoms with Gasteiger partial charge in [-0.15, -0.1) is 0 Å². The van der Waals surface area contributed by atoms with Crippen molar-refractivity contribution in [3.05, 3.63) is 0 Å². The van der Waals surface area contributed by atoms with Crippen molar-refractivity contribution in [3.63, 3.8) is 0 Å². The van der Waals surface area contributed by atoms with E-state index in [0.717, 1.165) is 0 Å². The summed E-state index contributed by atoms with van der Waals surface area (Å²) in [5.41, 5.74) is 0. The van der Waals surface area contributed by atoms with E-state index in [-0.39, 0.29) is 77.6 Å². The third-order valence-electron chi connectivity index (χ3n) is 0. The Balaban J connectivity index is -0.00000000133. The molecular formula is H5BaMgO2P. The molecule has 5 heavy (non-hydrogen) atoms. The minimum atomic E-state index is -0.833. The third-order valence-corrected chi connectivity index (χ3v) is 0. The summed E-state index contributed by atoms with van der Waals surface area (Å²) in [5, 5.41) is 0. The molecule has 0 aromatic heterocycles. The monoisotopic (exact) mass is 230 g/mol. The van der Waals surface area contributed by atoms with Crippen molar-refractivity contribution >= 4 is 80.6 Å². The van der Waals surface area contributed by atoms with Crippen molar-refractivity contribution in [1.82, 2.24) is 0 Å². The smallest absolute Gasteiger partial charge is 1.00 e. The Bertz CT molecular complexity index is 26.0. The summed E-state index contributed by atoms with van der Waals surface area (Å²) < 4.78 is 8.46. The van der Waals surface area contributed by atoms with Crippen molar-refractivity contribution < 1.29 is 15.2 Å². The summed E-state index contributed by atoms with van der Waals surface area (Å²) in [6.45, 7) is 0. The fraction of sp³-hybridized carbons (Fsp3) is 0. The van der Waals surface area contributed by atoms with E-state index in [9.17, 15) is 0 Å². The molecule has 0 rings (SSSR count). The normalized spacial score (nSPS) is 4.20. The molecule has 0 aliphatic rings. The van der Waals surface area contributed by atoms with Crippen molar-refractivity contribution in [2.24, 2.45) is 0 Å². The zero-order valence-corrected chi connectivity index (χ0v) is 9.47. The van der Waals surface area contributed by atoms with Gasteiger partial charge in [0.25, 0.3) is 0 Å². The maximum absolute atomic E-state index is 8.46. The van der Waals surface area contributed by atoms with Crippen molar-refractivity contribution in [1.29, 1.82) is 0 Å². The zero-order valence-electron chi connectivity index (χ0n) is 6.72. The van der Waals surface area contributed by atoms with Crippen LogP contribution in [0.3, 0.4) is 0 Å². The van der Waals surface area contributed by atoms with Crippen LogP contribution in [0.2, 0.25) is 0 Å². The van der Waals surface area contributed by atoms with E-state index >= 15 is 0 Å². The van der Waals surface area contributed by atoms with Gasteiger partial charge in [0.15, 0.2) is 0 Å². The Morgan fingerprint density at radius 2 is 1.80 bits per heavy atom. The van der Waals surface area contributed by atoms with Gasteiger partial charge in [0.2, 0.25) is 0 Å². The Labute approximate surface area is 94.2 Å². The van der Waals surface area contributed by atoms with Crippen LogP contribution in [-0.4, -0.2) is 76.8 Å². The van der Waals surface area contributed by atoms with Crippen molar-refractivity contribution in [3.8, 4) is 0 Å². The molecule has 5 heteroatoms. The molecule has 0 bridgehead atoms. The van der Waals surface area contributed by atoms with Gasteiger partial charge in [-0.1, -0.05) is 0 Å². The first-order chi connectivity index (χ1) is 1.41. The van der Waals surface area contributed by atoms with Gasteiger partial charge in [-0.2, -0.15) is 0 Å². The molecule has 0 unspecified atom stereocenters. The Morgan fingerprint density at radius 1 is 1.80 bits per heavy atom. The molecule has 0 saturated heterocycles. The summed E-state index contributed by atoms with van der Waals surface area (Å²) in [5.74, 6) is 0. The van der Waals surface area contributed by atoms with E-state index < -0.39 is 8.69 Å². The van der Waals surface area contributed by atoms with Gasteiger partial charge in [-0.05, 0) is 0 Å². The maximum Gasteiger partial charge on any atom is 2.00 e. The van der Waals surface area contributed by atoms with Crippen molar-refractivity contribution in [2.75, 3.05) is 0 Å². The van der Waals surface area contributed by atoms with E-state index in [1.165, 1.54) is 0 Å². The zero-order chi connectivity index (χ0) is 2.71. The standard InChI is InChI=1S/Ba.Mg.HO2P.4H/c;;1-3-2;;;;/h;;(H,1,2);;;;/q2*+2;;4*-1. The predicted molar refractivity (Wildman–Crippen MR) is 25.8 cm³/mol. The first-order valence-corrected chi connectivity index (χ1v) is 1.15. The third kappa shape index (κ3) is 21.5. The van der Waals surface area contributed by atoms with Gasteiger partial charge in [-0.3, -0.25) is 0 Å². The molecule has 0 radical (unpaired) electrons. The van der Waals surface area contributed by atoms with Gasteiger partial charge in [0.05, 0.1) is 0 Å². The fourth-order valence-corrected chi connectivity index (χ4v) is 0. The van der Waals surface area contributed by atoms with E-state index in [0.29, 0.717) is 0 Å². The first kappa shape index (κ1) is 15.7. The maximum atomic E-state index is 8.46. The number of hydrogen-bond donors (Lipinski definition) is 1. The van der Waals surface area contributed by atoms with E-state index in [4.69, 9.17) is 9.46 Å². The van der Waals surface area contributed by atoms with Gasteiger partial charge in [0, 0.05) is 0 Å². The molecule has 0 amide bonds. The molecule has 0 spiro atoms. The summed E-state index contributed by atoms with van der Waals surface area (Å²) in [6, 6.07) is 0. The minimum absolute atomic E-state index is 0. The van der Waals surface area contributed by atoms with Gasteiger partial charge < -0.3 is 10.6 Å². The fourth-order valence-electron chi connectivity index (χ4n) is 0. The van der Waals surface area contributed by atoms with Crippen molar-refractivity contribution in [2.45, 2.75) is 0 Å². The van der Waals surface area contributed by atoms with E-state index in [1.54, 1.807) is 0 Å². The molecule has 0 aromatic rings. The Kier molecular flexibility index (Phi) is 50.6. The van der Waals surface area contributed by atoms with Crippen LogP contribution in [0.1, 0.15) is 5.71 Å². The average molecular weight is 230 g/mol. The summed E-state index contributed by atoms with van der Waals surface area (Å²) >= 11 is 0. The molecular weight excluding hydrogens is 225 g/mol. The van der Waals surface area contributed by atoms with E-state index in [2.05, 4.69) is 0 Å². The van der Waals surface area contributed by atoms with E-state index in [1.807, 2.05) is 0 Å². The van der Waals surface area contributed by atoms with Crippen LogP contribution in [0.15, 0.2) is 0 Å². The second kappa shape index (κ2) is 16.1. The molecule has 2 nitrogen and oxygen atoms in total. The Hall–Kier alpha value is 2.40. The number of rotatable bonds is 0. The first-order valence-electron chi connectivity index (χ1n) is 0.383. The van der Waals surface area contributed by atoms with Crippen LogP contribution >= 0.6 is 8.69 Å². The molecule has 0 aliphatic heterocycles. The summed E-state index contributed by atoms with van der Waals surface area (Å²) in [4.78, 5) is 6.99. The summed E-state index contributed by atoms with van der Waals surface area (Å²) in [7, 11) is -0.833. The topological polar surface area (TPSA) is 37.3 Å². The minimum Gasteiger partial charge on any atom is -1.00 e. The molecule has 0 fully saturated rings. The van der Waals surface area contributed by atoms with Gasteiger partial charge in [-0.25, -0.2) is 4.57 Å². The quantitative estimate of drug-likeness (QED) is 0.464. The van der Waals surface area contributed by atoms with Gasteiger partial charge in [0.1, 0.15) is 0 Å². The second-order valence-corrected chi connectivity index (χ2v) is 0.245. The Morgan fingerprint density at radius 3 is 1.80 bits per heavy atom. The molecule has 26 valence electrons. The average Bonchev–Trinajstić information content (AvgIpc) is 0.918. The summed E-state index contributed by atoms with van der Waals surface area (Å²) in [6.07, 6.45) is 0. The molecule has 0 aromatic carbocycles. The molecule has 0 aliphatic carbocycles. The van der Waals surface area contributed by atoms with Gasteiger partial charge >= 0.3 is 80.6 Å². The molecule has 1 N–H and O–H groups in total. The predicted octanol–water partition coefficient (Wildman–Crippen LogP) is -0.126. The van der Waals surface area contributed by atoms with Crippen LogP contribution in [0, 0.1) is 0 Å². The van der Waals surface area contributed by atoms with Crippen LogP contribution < -0.4 is 0 Å². The van der Waals surface area contributed by atoms with Crippen LogP contribution in [0.25, 0.3) is 0 Å². The number of hydrogen-bond acceptors (Lipinski definition) is 1. The largest absolute Gasteiger partial charge is 2.00 e. The molecule has 0 saturated carbocycles. The van der Waals surface area contributed by atoms with Crippen LogP contribution in [0.5, 0.6) is 0 Å². The molecule has 0 heterocycles. The SMILES string of the molecule is O=PO.[Ba+2].[H-].[H-].[H-].[H-].[Mg+2]. The van der Waals surface area contributed by atoms with Crippen LogP contribution in [-0.2, 0) is 4.57 Å². The van der Waals surface area contributed by atoms with Crippen LogP contribution in [0.4, 0.5) is 0 Å². The second-order valence-electron chi connectivity index (χ2n) is 0.0816. The molecule has 0 atom stereocenters.